The zero-order chi connectivity index (χ0) is 23.5. The number of carbonyl (C=O) groups is 1. The van der Waals surface area contributed by atoms with Crippen LogP contribution < -0.4 is 20.9 Å². The minimum Gasteiger partial charge on any atom is -0.362 e. The molecule has 0 aliphatic heterocycles. The van der Waals surface area contributed by atoms with Crippen molar-refractivity contribution in [1.29, 1.82) is 0 Å². The highest BCUT2D eigenvalue weighted by Crippen LogP contribution is 2.34. The molecule has 4 rings (SSSR count). The lowest BCUT2D eigenvalue weighted by molar-refractivity contribution is 0.243. The van der Waals surface area contributed by atoms with Crippen molar-refractivity contribution >= 4 is 82.2 Å². The molecule has 10 heteroatoms. The number of nitrogens with one attached hydrogen (secondary N) is 3. The Labute approximate surface area is 218 Å². The quantitative estimate of drug-likeness (QED) is 0.296. The molecule has 1 aliphatic rings. The second-order valence-electron chi connectivity index (χ2n) is 8.32. The van der Waals surface area contributed by atoms with Crippen LogP contribution >= 0.6 is 47.8 Å². The summed E-state index contributed by atoms with van der Waals surface area (Å²) in [6.45, 7) is 0. The van der Waals surface area contributed by atoms with Crippen molar-refractivity contribution in [3.05, 3.63) is 49.8 Å². The predicted molar refractivity (Wildman–Crippen MR) is 145 cm³/mol. The van der Waals surface area contributed by atoms with Crippen LogP contribution in [0.1, 0.15) is 25.7 Å². The van der Waals surface area contributed by atoms with Crippen LogP contribution in [0.5, 0.6) is 0 Å². The van der Waals surface area contributed by atoms with Gasteiger partial charge in [0.25, 0.3) is 0 Å². The first kappa shape index (κ1) is 24.2. The van der Waals surface area contributed by atoms with Crippen LogP contribution in [0, 0.1) is 0 Å². The first-order chi connectivity index (χ1) is 15.8. The smallest absolute Gasteiger partial charge is 0.319 e. The van der Waals surface area contributed by atoms with Gasteiger partial charge in [0.1, 0.15) is 5.82 Å². The SMILES string of the molecule is CN(C)c1nc(NC2CCC(NC(=O)Nc3c(Br)cc(Br)cc3Br)CC2)nc2ccccc12. The number of aromatic nitrogens is 2. The third kappa shape index (κ3) is 5.96. The normalized spacial score (nSPS) is 18.1. The molecule has 0 bridgehead atoms. The predicted octanol–water partition coefficient (Wildman–Crippen LogP) is 6.53. The number of benzene rings is 2. The van der Waals surface area contributed by atoms with Gasteiger partial charge in [0.2, 0.25) is 5.95 Å². The van der Waals surface area contributed by atoms with Crippen molar-refractivity contribution in [3.8, 4) is 0 Å². The average molecular weight is 641 g/mol. The molecule has 3 aromatic rings. The first-order valence-corrected chi connectivity index (χ1v) is 13.1. The topological polar surface area (TPSA) is 82.2 Å². The zero-order valence-corrected chi connectivity index (χ0v) is 23.1. The van der Waals surface area contributed by atoms with E-state index in [9.17, 15) is 4.79 Å². The number of amides is 2. The molecule has 2 amide bonds. The lowest BCUT2D eigenvalue weighted by Crippen LogP contribution is -2.42. The summed E-state index contributed by atoms with van der Waals surface area (Å²) in [5, 5.41) is 10.6. The van der Waals surface area contributed by atoms with Gasteiger partial charge in [-0.05, 0) is 81.8 Å². The molecule has 0 atom stereocenters. The maximum absolute atomic E-state index is 12.6. The van der Waals surface area contributed by atoms with Crippen molar-refractivity contribution in [3.63, 3.8) is 0 Å². The zero-order valence-electron chi connectivity index (χ0n) is 18.3. The second-order valence-corrected chi connectivity index (χ2v) is 10.9. The van der Waals surface area contributed by atoms with Crippen LogP contribution in [0.2, 0.25) is 0 Å². The number of carbonyl (C=O) groups excluding carboxylic acids is 1. The molecule has 1 aliphatic carbocycles. The van der Waals surface area contributed by atoms with Crippen LogP contribution in [-0.2, 0) is 0 Å². The van der Waals surface area contributed by atoms with Crippen molar-refractivity contribution in [2.45, 2.75) is 37.8 Å². The molecular formula is C23H25Br3N6O. The van der Waals surface area contributed by atoms with Crippen molar-refractivity contribution in [2.75, 3.05) is 29.6 Å². The van der Waals surface area contributed by atoms with Crippen molar-refractivity contribution in [2.24, 2.45) is 0 Å². The molecular weight excluding hydrogens is 616 g/mol. The minimum atomic E-state index is -0.205. The van der Waals surface area contributed by atoms with E-state index in [-0.39, 0.29) is 18.1 Å². The second kappa shape index (κ2) is 10.6. The Morgan fingerprint density at radius 2 is 1.61 bits per heavy atom. The summed E-state index contributed by atoms with van der Waals surface area (Å²) in [6, 6.07) is 12.0. The highest BCUT2D eigenvalue weighted by molar-refractivity contribution is 9.11. The number of hydrogen-bond acceptors (Lipinski definition) is 5. The summed E-state index contributed by atoms with van der Waals surface area (Å²) in [5.41, 5.74) is 1.63. The van der Waals surface area contributed by atoms with E-state index in [1.165, 1.54) is 0 Å². The monoisotopic (exact) mass is 638 g/mol. The Bertz CT molecular complexity index is 1140. The standard InChI is InChI=1S/C23H25Br3N6O/c1-32(2)21-16-5-3-4-6-19(16)29-22(31-21)27-14-7-9-15(10-8-14)28-23(33)30-20-17(25)11-13(24)12-18(20)26/h3-6,11-12,14-15H,7-10H2,1-2H3,(H,27,29,31)(H2,28,30,33). The number of fused-ring (bicyclic) bond motifs is 1. The third-order valence-corrected chi connectivity index (χ3v) is 7.36. The van der Waals surface area contributed by atoms with E-state index in [0.29, 0.717) is 11.6 Å². The molecule has 3 N–H and O–H groups in total. The number of urea groups is 1. The van der Waals surface area contributed by atoms with E-state index in [2.05, 4.69) is 63.7 Å². The van der Waals surface area contributed by atoms with Gasteiger partial charge in [-0.15, -0.1) is 0 Å². The summed E-state index contributed by atoms with van der Waals surface area (Å²) in [4.78, 5) is 24.0. The van der Waals surface area contributed by atoms with Gasteiger partial charge < -0.3 is 20.9 Å². The lowest BCUT2D eigenvalue weighted by atomic mass is 9.91. The molecule has 0 radical (unpaired) electrons. The molecule has 0 unspecified atom stereocenters. The molecule has 1 aromatic heterocycles. The fraction of sp³-hybridized carbons (Fsp3) is 0.348. The summed E-state index contributed by atoms with van der Waals surface area (Å²) in [6.07, 6.45) is 3.65. The van der Waals surface area contributed by atoms with Gasteiger partial charge in [-0.1, -0.05) is 28.1 Å². The van der Waals surface area contributed by atoms with E-state index in [1.807, 2.05) is 55.4 Å². The fourth-order valence-corrected chi connectivity index (χ4v) is 6.48. The first-order valence-electron chi connectivity index (χ1n) is 10.7. The number of para-hydroxylation sites is 1. The molecule has 1 fully saturated rings. The van der Waals surface area contributed by atoms with E-state index < -0.39 is 0 Å². The van der Waals surface area contributed by atoms with Crippen LogP contribution in [0.4, 0.5) is 22.2 Å². The lowest BCUT2D eigenvalue weighted by Gasteiger charge is -2.30. The number of rotatable bonds is 5. The van der Waals surface area contributed by atoms with E-state index in [0.717, 1.165) is 55.8 Å². The minimum absolute atomic E-state index is 0.130. The summed E-state index contributed by atoms with van der Waals surface area (Å²) in [5.74, 6) is 1.55. The molecule has 0 spiro atoms. The van der Waals surface area contributed by atoms with Crippen LogP contribution in [-0.4, -0.2) is 42.2 Å². The van der Waals surface area contributed by atoms with Crippen LogP contribution in [0.3, 0.4) is 0 Å². The molecule has 0 saturated heterocycles. The fourth-order valence-electron chi connectivity index (χ4n) is 4.03. The maximum Gasteiger partial charge on any atom is 0.319 e. The van der Waals surface area contributed by atoms with E-state index in [4.69, 9.17) is 9.97 Å². The highest BCUT2D eigenvalue weighted by atomic mass is 79.9. The Morgan fingerprint density at radius 3 is 2.27 bits per heavy atom. The highest BCUT2D eigenvalue weighted by Gasteiger charge is 2.24. The molecule has 174 valence electrons. The molecule has 1 heterocycles. The number of nitrogens with zero attached hydrogens (tertiary/aromatic N) is 3. The maximum atomic E-state index is 12.6. The van der Waals surface area contributed by atoms with Gasteiger partial charge in [-0.25, -0.2) is 9.78 Å². The van der Waals surface area contributed by atoms with Gasteiger partial charge in [0, 0.05) is 45.0 Å². The summed E-state index contributed by atoms with van der Waals surface area (Å²) < 4.78 is 2.53. The van der Waals surface area contributed by atoms with Crippen LogP contribution in [0.25, 0.3) is 10.9 Å². The molecule has 2 aromatic carbocycles. The molecule has 1 saturated carbocycles. The number of hydrogen-bond donors (Lipinski definition) is 3. The van der Waals surface area contributed by atoms with Crippen molar-refractivity contribution in [1.82, 2.24) is 15.3 Å². The van der Waals surface area contributed by atoms with Gasteiger partial charge in [-0.3, -0.25) is 0 Å². The Hall–Kier alpha value is -1.91. The van der Waals surface area contributed by atoms with Crippen molar-refractivity contribution < 1.29 is 4.79 Å². The largest absolute Gasteiger partial charge is 0.362 e. The molecule has 33 heavy (non-hydrogen) atoms. The third-order valence-electron chi connectivity index (χ3n) is 5.65. The summed E-state index contributed by atoms with van der Waals surface area (Å²) in [7, 11) is 3.98. The Morgan fingerprint density at radius 1 is 0.970 bits per heavy atom. The Kier molecular flexibility index (Phi) is 7.76. The van der Waals surface area contributed by atoms with Gasteiger partial charge in [-0.2, -0.15) is 4.98 Å². The van der Waals surface area contributed by atoms with Gasteiger partial charge >= 0.3 is 6.03 Å². The Balaban J connectivity index is 1.34. The van der Waals surface area contributed by atoms with Gasteiger partial charge in [0.05, 0.1) is 11.2 Å². The average Bonchev–Trinajstić information content (AvgIpc) is 2.77. The number of halogens is 3. The molecule has 7 nitrogen and oxygen atoms in total. The van der Waals surface area contributed by atoms with Crippen LogP contribution in [0.15, 0.2) is 49.8 Å². The summed E-state index contributed by atoms with van der Waals surface area (Å²) >= 11 is 10.4. The van der Waals surface area contributed by atoms with E-state index in [1.54, 1.807) is 0 Å². The number of anilines is 3. The van der Waals surface area contributed by atoms with E-state index >= 15 is 0 Å². The van der Waals surface area contributed by atoms with Gasteiger partial charge in [0.15, 0.2) is 0 Å².